The van der Waals surface area contributed by atoms with Gasteiger partial charge in [0, 0.05) is 5.57 Å². The molecule has 0 N–H and O–H groups in total. The van der Waals surface area contributed by atoms with Gasteiger partial charge in [0.15, 0.2) is 0 Å². The number of hydrogen-bond donors (Lipinski definition) is 0. The van der Waals surface area contributed by atoms with Gasteiger partial charge in [-0.2, -0.15) is 0 Å². The predicted octanol–water partition coefficient (Wildman–Crippen LogP) is 4.03. The Morgan fingerprint density at radius 2 is 1.75 bits per heavy atom. The number of ether oxygens (including phenoxy) is 1. The minimum Gasteiger partial charge on any atom is -0.423 e. The van der Waals surface area contributed by atoms with Crippen LogP contribution in [0.1, 0.15) is 0 Å². The van der Waals surface area contributed by atoms with Crippen molar-refractivity contribution < 1.29 is 9.53 Å². The van der Waals surface area contributed by atoms with E-state index in [1.807, 2.05) is 6.07 Å². The van der Waals surface area contributed by atoms with Crippen molar-refractivity contribution in [3.63, 3.8) is 0 Å². The molecular weight excluding hydrogens is 404 g/mol. The van der Waals surface area contributed by atoms with E-state index in [2.05, 4.69) is 54.4 Å². The number of halogens is 3. The number of benzene rings is 1. The van der Waals surface area contributed by atoms with Crippen LogP contribution in [-0.2, 0) is 4.79 Å². The molecule has 0 spiro atoms. The smallest absolute Gasteiger partial charge is 0.340 e. The molecule has 0 aromatic heterocycles. The monoisotopic (exact) mass is 410 g/mol. The molecule has 1 atom stereocenters. The Bertz CT molecular complexity index is 376. The molecule has 0 heterocycles. The van der Waals surface area contributed by atoms with Crippen LogP contribution < -0.4 is 4.74 Å². The molecule has 0 aliphatic heterocycles. The third kappa shape index (κ3) is 4.03. The van der Waals surface area contributed by atoms with Gasteiger partial charge in [-0.05, 0) is 12.1 Å². The van der Waals surface area contributed by atoms with Crippen LogP contribution in [0.4, 0.5) is 0 Å². The average Bonchev–Trinajstić information content (AvgIpc) is 2.28. The van der Waals surface area contributed by atoms with Gasteiger partial charge < -0.3 is 4.74 Å². The molecule has 5 heteroatoms. The Kier molecular flexibility index (Phi) is 5.72. The van der Waals surface area contributed by atoms with Crippen molar-refractivity contribution in [1.82, 2.24) is 0 Å². The van der Waals surface area contributed by atoms with E-state index in [0.717, 1.165) is 0 Å². The van der Waals surface area contributed by atoms with Gasteiger partial charge >= 0.3 is 5.97 Å². The molecule has 0 bridgehead atoms. The Morgan fingerprint density at radius 1 is 1.19 bits per heavy atom. The van der Waals surface area contributed by atoms with Crippen molar-refractivity contribution >= 4 is 53.8 Å². The molecule has 1 unspecified atom stereocenters. The zero-order valence-corrected chi connectivity index (χ0v) is 13.0. The molecule has 0 radical (unpaired) electrons. The van der Waals surface area contributed by atoms with Crippen molar-refractivity contribution in [2.24, 2.45) is 0 Å². The van der Waals surface area contributed by atoms with Gasteiger partial charge in [0.2, 0.25) is 0 Å². The first-order valence-electron chi connectivity index (χ1n) is 4.40. The lowest BCUT2D eigenvalue weighted by molar-refractivity contribution is -0.130. The van der Waals surface area contributed by atoms with E-state index in [9.17, 15) is 4.79 Å². The molecule has 0 aliphatic rings. The van der Waals surface area contributed by atoms with Crippen molar-refractivity contribution in [2.45, 2.75) is 8.56 Å². The Labute approximate surface area is 119 Å². The van der Waals surface area contributed by atoms with Gasteiger partial charge in [0.1, 0.15) is 5.75 Å². The van der Waals surface area contributed by atoms with Crippen molar-refractivity contribution in [3.05, 3.63) is 42.5 Å². The van der Waals surface area contributed by atoms with E-state index < -0.39 is 5.97 Å². The van der Waals surface area contributed by atoms with Crippen LogP contribution in [0.2, 0.25) is 0 Å². The maximum atomic E-state index is 11.7. The van der Waals surface area contributed by atoms with Crippen LogP contribution in [0, 0.1) is 0 Å². The Hall–Kier alpha value is -0.130. The summed E-state index contributed by atoms with van der Waals surface area (Å²) in [4.78, 5) is 11.4. The normalized spacial score (nSPS) is 12.2. The molecule has 1 aromatic rings. The highest BCUT2D eigenvalue weighted by atomic mass is 79.9. The fourth-order valence-electron chi connectivity index (χ4n) is 0.926. The molecule has 0 aliphatic carbocycles. The second kappa shape index (κ2) is 6.57. The summed E-state index contributed by atoms with van der Waals surface area (Å²) in [5, 5.41) is 0. The summed E-state index contributed by atoms with van der Waals surface area (Å²) in [6.07, 6.45) is 0. The highest BCUT2D eigenvalue weighted by molar-refractivity contribution is 9.25. The number of esters is 1. The average molecular weight is 413 g/mol. The maximum absolute atomic E-state index is 11.7. The lowest BCUT2D eigenvalue weighted by atomic mass is 10.2. The number of carbonyl (C=O) groups excluding carboxylic acids is 1. The summed E-state index contributed by atoms with van der Waals surface area (Å²) in [5.74, 6) is 0.0611. The molecule has 1 aromatic carbocycles. The highest BCUT2D eigenvalue weighted by Crippen LogP contribution is 2.26. The lowest BCUT2D eigenvalue weighted by Gasteiger charge is -2.13. The summed E-state index contributed by atoms with van der Waals surface area (Å²) in [5.41, 5.74) is 0.350. The van der Waals surface area contributed by atoms with Gasteiger partial charge in [0.25, 0.3) is 0 Å². The van der Waals surface area contributed by atoms with Crippen molar-refractivity contribution in [2.75, 3.05) is 0 Å². The van der Waals surface area contributed by atoms with E-state index in [1.54, 1.807) is 24.3 Å². The second-order valence-electron chi connectivity index (χ2n) is 2.96. The molecule has 0 saturated carbocycles. The summed E-state index contributed by atoms with van der Waals surface area (Å²) in [7, 11) is 0. The molecule has 0 fully saturated rings. The first kappa shape index (κ1) is 13.9. The number of carbonyl (C=O) groups is 1. The van der Waals surface area contributed by atoms with Gasteiger partial charge in [-0.25, -0.2) is 4.79 Å². The van der Waals surface area contributed by atoms with Gasteiger partial charge in [-0.15, -0.1) is 0 Å². The predicted molar refractivity (Wildman–Crippen MR) is 75.6 cm³/mol. The zero-order chi connectivity index (χ0) is 12.1. The zero-order valence-electron chi connectivity index (χ0n) is 8.20. The molecular formula is C11H9Br3O2. The number of alkyl halides is 3. The van der Waals surface area contributed by atoms with Crippen LogP contribution in [-0.4, -0.2) is 14.5 Å². The first-order valence-corrected chi connectivity index (χ1v) is 7.15. The fourth-order valence-corrected chi connectivity index (χ4v) is 1.75. The SMILES string of the molecule is C=C(C(=O)Oc1ccccc1)C(Br)C(Br)Br. The van der Waals surface area contributed by atoms with Gasteiger partial charge in [-0.3, -0.25) is 0 Å². The van der Waals surface area contributed by atoms with Crippen LogP contribution in [0.15, 0.2) is 42.5 Å². The Balaban J connectivity index is 2.63. The highest BCUT2D eigenvalue weighted by Gasteiger charge is 2.22. The Morgan fingerprint density at radius 3 is 2.25 bits per heavy atom. The summed E-state index contributed by atoms with van der Waals surface area (Å²) in [6.45, 7) is 3.69. The van der Waals surface area contributed by atoms with E-state index >= 15 is 0 Å². The number of para-hydroxylation sites is 1. The number of rotatable bonds is 4. The minimum absolute atomic E-state index is 0.0733. The molecule has 86 valence electrons. The van der Waals surface area contributed by atoms with E-state index in [4.69, 9.17) is 4.74 Å². The largest absolute Gasteiger partial charge is 0.423 e. The van der Waals surface area contributed by atoms with Gasteiger partial charge in [0.05, 0.1) is 8.56 Å². The van der Waals surface area contributed by atoms with Crippen molar-refractivity contribution in [1.29, 1.82) is 0 Å². The molecule has 16 heavy (non-hydrogen) atoms. The molecule has 2 nitrogen and oxygen atoms in total. The van der Waals surface area contributed by atoms with Crippen LogP contribution in [0.5, 0.6) is 5.75 Å². The standard InChI is InChI=1S/C11H9Br3O2/c1-7(9(12)10(13)14)11(15)16-8-5-3-2-4-6-8/h2-6,9-10H,1H2. The quantitative estimate of drug-likeness (QED) is 0.323. The fraction of sp³-hybridized carbons (Fsp3) is 0.182. The summed E-state index contributed by atoms with van der Waals surface area (Å²) < 4.78 is 5.06. The summed E-state index contributed by atoms with van der Waals surface area (Å²) >= 11 is 9.92. The molecule has 0 amide bonds. The third-order valence-corrected chi connectivity index (χ3v) is 5.33. The van der Waals surface area contributed by atoms with Crippen LogP contribution >= 0.6 is 47.8 Å². The number of hydrogen-bond acceptors (Lipinski definition) is 2. The third-order valence-electron chi connectivity index (χ3n) is 1.77. The van der Waals surface area contributed by atoms with Crippen molar-refractivity contribution in [3.8, 4) is 5.75 Å². The maximum Gasteiger partial charge on any atom is 0.340 e. The second-order valence-corrected chi connectivity index (χ2v) is 7.15. The van der Waals surface area contributed by atoms with Gasteiger partial charge in [-0.1, -0.05) is 72.6 Å². The topological polar surface area (TPSA) is 26.3 Å². The minimum atomic E-state index is -0.447. The first-order chi connectivity index (χ1) is 7.52. The van der Waals surface area contributed by atoms with E-state index in [0.29, 0.717) is 11.3 Å². The van der Waals surface area contributed by atoms with E-state index in [-0.39, 0.29) is 8.56 Å². The van der Waals surface area contributed by atoms with Crippen LogP contribution in [0.25, 0.3) is 0 Å². The molecule has 1 rings (SSSR count). The summed E-state index contributed by atoms with van der Waals surface area (Å²) in [6, 6.07) is 8.89. The lowest BCUT2D eigenvalue weighted by Crippen LogP contribution is -2.21. The van der Waals surface area contributed by atoms with Crippen LogP contribution in [0.3, 0.4) is 0 Å². The molecule has 0 saturated heterocycles. The van der Waals surface area contributed by atoms with E-state index in [1.165, 1.54) is 0 Å².